The van der Waals surface area contributed by atoms with Gasteiger partial charge in [-0.1, -0.05) is 61.0 Å². The Labute approximate surface area is 224 Å². The first kappa shape index (κ1) is 28.1. The quantitative estimate of drug-likeness (QED) is 0.336. The van der Waals surface area contributed by atoms with Crippen LogP contribution in [0.15, 0.2) is 72.8 Å². The highest BCUT2D eigenvalue weighted by Gasteiger charge is 2.31. The van der Waals surface area contributed by atoms with Crippen LogP contribution in [0.1, 0.15) is 37.0 Å². The van der Waals surface area contributed by atoms with E-state index in [4.69, 9.17) is 21.1 Å². The van der Waals surface area contributed by atoms with Crippen molar-refractivity contribution < 1.29 is 19.1 Å². The minimum atomic E-state index is -0.731. The zero-order chi connectivity index (χ0) is 26.8. The summed E-state index contributed by atoms with van der Waals surface area (Å²) >= 11 is 6.13. The first-order chi connectivity index (χ1) is 17.8. The van der Waals surface area contributed by atoms with E-state index in [2.05, 4.69) is 5.32 Å². The number of nitrogens with one attached hydrogen (secondary N) is 1. The Balaban J connectivity index is 1.93. The van der Waals surface area contributed by atoms with E-state index < -0.39 is 6.04 Å². The van der Waals surface area contributed by atoms with E-state index in [1.54, 1.807) is 30.2 Å². The maximum Gasteiger partial charge on any atom is 0.261 e. The van der Waals surface area contributed by atoms with E-state index in [0.717, 1.165) is 23.1 Å². The molecule has 0 unspecified atom stereocenters. The molecule has 0 saturated carbocycles. The van der Waals surface area contributed by atoms with Crippen LogP contribution in [0, 0.1) is 6.92 Å². The van der Waals surface area contributed by atoms with Gasteiger partial charge in [0.2, 0.25) is 5.91 Å². The number of amides is 2. The van der Waals surface area contributed by atoms with Gasteiger partial charge in [-0.05, 0) is 67.3 Å². The summed E-state index contributed by atoms with van der Waals surface area (Å²) in [6, 6.07) is 21.7. The number of rotatable bonds is 12. The summed E-state index contributed by atoms with van der Waals surface area (Å²) in [7, 11) is 1.60. The van der Waals surface area contributed by atoms with Crippen molar-refractivity contribution in [2.45, 2.75) is 52.2 Å². The molecule has 2 atom stereocenters. The van der Waals surface area contributed by atoms with Gasteiger partial charge in [0.15, 0.2) is 6.61 Å². The smallest absolute Gasteiger partial charge is 0.261 e. The number of ether oxygens (including phenoxy) is 2. The Morgan fingerprint density at radius 3 is 2.38 bits per heavy atom. The summed E-state index contributed by atoms with van der Waals surface area (Å²) in [4.78, 5) is 28.8. The molecule has 6 nitrogen and oxygen atoms in total. The van der Waals surface area contributed by atoms with Gasteiger partial charge in [-0.25, -0.2) is 0 Å². The van der Waals surface area contributed by atoms with Gasteiger partial charge in [0.05, 0.1) is 7.11 Å². The average molecular weight is 523 g/mol. The van der Waals surface area contributed by atoms with Crippen LogP contribution in [0.5, 0.6) is 11.5 Å². The molecule has 3 aromatic rings. The molecule has 1 N–H and O–H groups in total. The van der Waals surface area contributed by atoms with E-state index in [-0.39, 0.29) is 31.0 Å². The van der Waals surface area contributed by atoms with Crippen molar-refractivity contribution in [2.24, 2.45) is 0 Å². The van der Waals surface area contributed by atoms with Crippen molar-refractivity contribution in [1.29, 1.82) is 0 Å². The molecule has 0 aromatic heterocycles. The Morgan fingerprint density at radius 1 is 0.973 bits per heavy atom. The van der Waals surface area contributed by atoms with Crippen molar-refractivity contribution in [3.05, 3.63) is 94.5 Å². The lowest BCUT2D eigenvalue weighted by atomic mass is 10.0. The SMILES string of the molecule is CC[C@H](C)NC(=O)[C@@H](Cc1ccccc1)N(Cc1cccc(OC)c1)C(=O)COc1ccc(Cl)c(C)c1. The van der Waals surface area contributed by atoms with Crippen molar-refractivity contribution in [2.75, 3.05) is 13.7 Å². The fourth-order valence-electron chi connectivity index (χ4n) is 3.90. The van der Waals surface area contributed by atoms with Crippen LogP contribution >= 0.6 is 11.6 Å². The number of carbonyl (C=O) groups is 2. The summed E-state index contributed by atoms with van der Waals surface area (Å²) < 4.78 is 11.2. The van der Waals surface area contributed by atoms with Gasteiger partial charge < -0.3 is 19.7 Å². The lowest BCUT2D eigenvalue weighted by molar-refractivity contribution is -0.143. The second-order valence-corrected chi connectivity index (χ2v) is 9.50. The number of nitrogens with zero attached hydrogens (tertiary/aromatic N) is 1. The van der Waals surface area contributed by atoms with Crippen LogP contribution in [-0.4, -0.2) is 42.5 Å². The fourth-order valence-corrected chi connectivity index (χ4v) is 4.02. The summed E-state index contributed by atoms with van der Waals surface area (Å²) in [6.07, 6.45) is 1.16. The van der Waals surface area contributed by atoms with Crippen LogP contribution in [-0.2, 0) is 22.6 Å². The predicted molar refractivity (Wildman–Crippen MR) is 147 cm³/mol. The lowest BCUT2D eigenvalue weighted by Crippen LogP contribution is -2.53. The van der Waals surface area contributed by atoms with Crippen molar-refractivity contribution in [3.8, 4) is 11.5 Å². The molecule has 0 aliphatic carbocycles. The maximum atomic E-state index is 13.7. The van der Waals surface area contributed by atoms with E-state index in [9.17, 15) is 9.59 Å². The third-order valence-electron chi connectivity index (χ3n) is 6.25. The van der Waals surface area contributed by atoms with E-state index >= 15 is 0 Å². The van der Waals surface area contributed by atoms with Gasteiger partial charge >= 0.3 is 0 Å². The molecular weight excluding hydrogens is 488 g/mol. The Hall–Kier alpha value is -3.51. The third kappa shape index (κ3) is 8.25. The number of halogens is 1. The van der Waals surface area contributed by atoms with Crippen LogP contribution < -0.4 is 14.8 Å². The minimum Gasteiger partial charge on any atom is -0.497 e. The molecule has 0 fully saturated rings. The Kier molecular flexibility index (Phi) is 10.4. The van der Waals surface area contributed by atoms with Gasteiger partial charge in [-0.15, -0.1) is 0 Å². The second-order valence-electron chi connectivity index (χ2n) is 9.10. The molecule has 196 valence electrons. The Morgan fingerprint density at radius 2 is 1.70 bits per heavy atom. The summed E-state index contributed by atoms with van der Waals surface area (Å²) in [5.74, 6) is 0.731. The van der Waals surface area contributed by atoms with E-state index in [0.29, 0.717) is 22.9 Å². The van der Waals surface area contributed by atoms with Gasteiger partial charge in [-0.2, -0.15) is 0 Å². The average Bonchev–Trinajstić information content (AvgIpc) is 2.91. The summed E-state index contributed by atoms with van der Waals surface area (Å²) in [6.45, 7) is 5.86. The molecule has 37 heavy (non-hydrogen) atoms. The number of hydrogen-bond acceptors (Lipinski definition) is 4. The van der Waals surface area contributed by atoms with Gasteiger partial charge in [0.25, 0.3) is 5.91 Å². The lowest BCUT2D eigenvalue weighted by Gasteiger charge is -2.32. The molecule has 3 aromatic carbocycles. The van der Waals surface area contributed by atoms with Crippen molar-refractivity contribution in [3.63, 3.8) is 0 Å². The van der Waals surface area contributed by atoms with Crippen molar-refractivity contribution in [1.82, 2.24) is 10.2 Å². The van der Waals surface area contributed by atoms with E-state index in [1.807, 2.05) is 75.4 Å². The molecule has 0 heterocycles. The highest BCUT2D eigenvalue weighted by atomic mass is 35.5. The highest BCUT2D eigenvalue weighted by molar-refractivity contribution is 6.31. The van der Waals surface area contributed by atoms with Crippen LogP contribution in [0.2, 0.25) is 5.02 Å². The number of hydrogen-bond donors (Lipinski definition) is 1. The Bertz CT molecular complexity index is 1190. The topological polar surface area (TPSA) is 67.9 Å². The van der Waals surface area contributed by atoms with Crippen LogP contribution in [0.25, 0.3) is 0 Å². The summed E-state index contributed by atoms with van der Waals surface area (Å²) in [5, 5.41) is 3.70. The molecular formula is C30H35ClN2O4. The van der Waals surface area contributed by atoms with Crippen molar-refractivity contribution >= 4 is 23.4 Å². The molecule has 3 rings (SSSR count). The highest BCUT2D eigenvalue weighted by Crippen LogP contribution is 2.22. The largest absolute Gasteiger partial charge is 0.497 e. The minimum absolute atomic E-state index is 0.0205. The zero-order valence-corrected chi connectivity index (χ0v) is 22.6. The van der Waals surface area contributed by atoms with Crippen LogP contribution in [0.4, 0.5) is 0 Å². The molecule has 0 bridgehead atoms. The normalized spacial score (nSPS) is 12.4. The molecule has 0 aliphatic rings. The van der Waals surface area contributed by atoms with Crippen LogP contribution in [0.3, 0.4) is 0 Å². The number of methoxy groups -OCH3 is 1. The predicted octanol–water partition coefficient (Wildman–Crippen LogP) is 5.59. The molecule has 0 spiro atoms. The number of benzene rings is 3. The van der Waals surface area contributed by atoms with E-state index in [1.165, 1.54) is 0 Å². The molecule has 0 aliphatic heterocycles. The first-order valence-corrected chi connectivity index (χ1v) is 12.8. The molecule has 7 heteroatoms. The zero-order valence-electron chi connectivity index (χ0n) is 21.9. The van der Waals surface area contributed by atoms with Gasteiger partial charge in [0, 0.05) is 24.0 Å². The van der Waals surface area contributed by atoms with Gasteiger partial charge in [-0.3, -0.25) is 9.59 Å². The molecule has 0 radical (unpaired) electrons. The summed E-state index contributed by atoms with van der Waals surface area (Å²) in [5.41, 5.74) is 2.67. The standard InChI is InChI=1S/C30H35ClN2O4/c1-5-22(3)32-30(35)28(18-23-10-7-6-8-11-23)33(19-24-12-9-13-25(17-24)36-4)29(34)20-37-26-14-15-27(31)21(2)16-26/h6-17,22,28H,5,18-20H2,1-4H3,(H,32,35)/t22-,28+/m0/s1. The molecule has 0 saturated heterocycles. The number of aryl methyl sites for hydroxylation is 1. The number of carbonyl (C=O) groups excluding carboxylic acids is 2. The second kappa shape index (κ2) is 13.7. The monoisotopic (exact) mass is 522 g/mol. The maximum absolute atomic E-state index is 13.7. The molecule has 2 amide bonds. The fraction of sp³-hybridized carbons (Fsp3) is 0.333. The first-order valence-electron chi connectivity index (χ1n) is 12.5. The van der Waals surface area contributed by atoms with Gasteiger partial charge in [0.1, 0.15) is 17.5 Å². The third-order valence-corrected chi connectivity index (χ3v) is 6.67.